The van der Waals surface area contributed by atoms with Crippen molar-refractivity contribution in [3.63, 3.8) is 0 Å². The molecule has 1 atom stereocenters. The largest absolute Gasteiger partial charge is 0.475 e. The van der Waals surface area contributed by atoms with Gasteiger partial charge in [0.05, 0.1) is 5.94 Å². The molecule has 2 amide bonds. The molecule has 2 rings (SSSR count). The van der Waals surface area contributed by atoms with E-state index in [4.69, 9.17) is 4.74 Å². The number of ether oxygens (including phenoxy) is 1. The van der Waals surface area contributed by atoms with E-state index < -0.39 is 30.6 Å². The summed E-state index contributed by atoms with van der Waals surface area (Å²) < 4.78 is 5.13. The zero-order chi connectivity index (χ0) is 20.6. The Balaban J connectivity index is 1.91. The van der Waals surface area contributed by atoms with Crippen LogP contribution in [-0.2, 0) is 22.6 Å². The van der Waals surface area contributed by atoms with Gasteiger partial charge >= 0.3 is 13.2 Å². The number of nitrogens with one attached hydrogen (secondary N) is 2. The van der Waals surface area contributed by atoms with Crippen LogP contribution in [0.3, 0.4) is 0 Å². The summed E-state index contributed by atoms with van der Waals surface area (Å²) in [5, 5.41) is 24.3. The van der Waals surface area contributed by atoms with Crippen molar-refractivity contribution in [2.24, 2.45) is 0 Å². The van der Waals surface area contributed by atoms with Gasteiger partial charge in [-0.2, -0.15) is 0 Å². The second kappa shape index (κ2) is 9.91. The molecule has 0 saturated heterocycles. The number of carbonyl (C=O) groups excluding carboxylic acids is 2. The molecular weight excluding hydrogens is 359 g/mol. The van der Waals surface area contributed by atoms with Crippen LogP contribution in [0.4, 0.5) is 4.79 Å². The Morgan fingerprint density at radius 2 is 1.54 bits per heavy atom. The third kappa shape index (κ3) is 6.72. The molecular formula is C20H25BN2O5. The second-order valence-corrected chi connectivity index (χ2v) is 7.00. The minimum Gasteiger partial charge on any atom is -0.445 e. The molecule has 0 radical (unpaired) electrons. The van der Waals surface area contributed by atoms with Gasteiger partial charge in [-0.05, 0) is 31.4 Å². The quantitative estimate of drug-likeness (QED) is 0.515. The Kier molecular flexibility index (Phi) is 7.60. The van der Waals surface area contributed by atoms with Crippen LogP contribution in [0.2, 0.25) is 0 Å². The highest BCUT2D eigenvalue weighted by molar-refractivity contribution is 6.43. The van der Waals surface area contributed by atoms with Crippen LogP contribution in [0.5, 0.6) is 0 Å². The van der Waals surface area contributed by atoms with Gasteiger partial charge < -0.3 is 25.4 Å². The Hall–Kier alpha value is -2.84. The summed E-state index contributed by atoms with van der Waals surface area (Å²) in [6.45, 7) is 3.10. The Morgan fingerprint density at radius 1 is 1.00 bits per heavy atom. The zero-order valence-corrected chi connectivity index (χ0v) is 16.0. The monoisotopic (exact) mass is 384 g/mol. The van der Waals surface area contributed by atoms with Gasteiger partial charge in [0.15, 0.2) is 0 Å². The lowest BCUT2D eigenvalue weighted by Gasteiger charge is -2.28. The smallest absolute Gasteiger partial charge is 0.445 e. The molecule has 0 unspecified atom stereocenters. The molecule has 0 fully saturated rings. The van der Waals surface area contributed by atoms with E-state index in [0.717, 1.165) is 11.1 Å². The van der Waals surface area contributed by atoms with E-state index in [1.54, 1.807) is 0 Å². The number of rotatable bonds is 8. The third-order valence-corrected chi connectivity index (χ3v) is 4.17. The molecule has 7 nitrogen and oxygen atoms in total. The minimum atomic E-state index is -1.75. The van der Waals surface area contributed by atoms with Gasteiger partial charge in [-0.1, -0.05) is 60.7 Å². The first-order valence-electron chi connectivity index (χ1n) is 8.98. The fraction of sp³-hybridized carbons (Fsp3) is 0.300. The summed E-state index contributed by atoms with van der Waals surface area (Å²) in [6, 6.07) is 18.3. The molecule has 0 aliphatic heterocycles. The SMILES string of the molecule is CC(C)(NC(=O)OCc1ccccc1)C(=O)N[C@@H](Cc1ccccc1)B(O)O. The Labute approximate surface area is 164 Å². The van der Waals surface area contributed by atoms with Crippen LogP contribution in [0.1, 0.15) is 25.0 Å². The first-order chi connectivity index (χ1) is 13.3. The summed E-state index contributed by atoms with van der Waals surface area (Å²) >= 11 is 0. The molecule has 2 aromatic rings. The lowest BCUT2D eigenvalue weighted by molar-refractivity contribution is -0.126. The Bertz CT molecular complexity index is 769. The van der Waals surface area contributed by atoms with Crippen molar-refractivity contribution in [2.75, 3.05) is 0 Å². The van der Waals surface area contributed by atoms with Crippen LogP contribution in [0.25, 0.3) is 0 Å². The van der Waals surface area contributed by atoms with Crippen molar-refractivity contribution in [3.05, 3.63) is 71.8 Å². The predicted molar refractivity (Wildman–Crippen MR) is 106 cm³/mol. The molecule has 0 aromatic heterocycles. The Morgan fingerprint density at radius 3 is 2.07 bits per heavy atom. The van der Waals surface area contributed by atoms with Crippen LogP contribution in [0, 0.1) is 0 Å². The maximum atomic E-state index is 12.6. The van der Waals surface area contributed by atoms with Crippen molar-refractivity contribution < 1.29 is 24.4 Å². The maximum absolute atomic E-state index is 12.6. The summed E-state index contributed by atoms with van der Waals surface area (Å²) in [4.78, 5) is 24.6. The van der Waals surface area contributed by atoms with E-state index in [2.05, 4.69) is 10.6 Å². The van der Waals surface area contributed by atoms with Crippen LogP contribution in [-0.4, -0.2) is 40.6 Å². The highest BCUT2D eigenvalue weighted by Gasteiger charge is 2.34. The van der Waals surface area contributed by atoms with Gasteiger partial charge in [0, 0.05) is 0 Å². The van der Waals surface area contributed by atoms with Gasteiger partial charge in [-0.25, -0.2) is 4.79 Å². The van der Waals surface area contributed by atoms with E-state index in [1.807, 2.05) is 60.7 Å². The molecule has 28 heavy (non-hydrogen) atoms. The average molecular weight is 384 g/mol. The molecule has 4 N–H and O–H groups in total. The van der Waals surface area contributed by atoms with Gasteiger partial charge in [0.1, 0.15) is 12.1 Å². The maximum Gasteiger partial charge on any atom is 0.475 e. The fourth-order valence-electron chi connectivity index (χ4n) is 2.52. The second-order valence-electron chi connectivity index (χ2n) is 7.00. The summed E-state index contributed by atoms with van der Waals surface area (Å²) in [5.74, 6) is -1.48. The van der Waals surface area contributed by atoms with E-state index in [-0.39, 0.29) is 13.0 Å². The first kappa shape index (κ1) is 21.5. The molecule has 0 aliphatic rings. The lowest BCUT2D eigenvalue weighted by atomic mass is 9.75. The zero-order valence-electron chi connectivity index (χ0n) is 16.0. The van der Waals surface area contributed by atoms with E-state index >= 15 is 0 Å². The molecule has 0 bridgehead atoms. The van der Waals surface area contributed by atoms with Crippen molar-refractivity contribution in [3.8, 4) is 0 Å². The molecule has 2 aromatic carbocycles. The van der Waals surface area contributed by atoms with Crippen LogP contribution in [0.15, 0.2) is 60.7 Å². The van der Waals surface area contributed by atoms with E-state index in [9.17, 15) is 19.6 Å². The molecule has 0 heterocycles. The van der Waals surface area contributed by atoms with Gasteiger partial charge in [0.25, 0.3) is 0 Å². The van der Waals surface area contributed by atoms with E-state index in [0.29, 0.717) is 0 Å². The number of hydrogen-bond donors (Lipinski definition) is 4. The third-order valence-electron chi connectivity index (χ3n) is 4.17. The van der Waals surface area contributed by atoms with Crippen LogP contribution >= 0.6 is 0 Å². The standard InChI is InChI=1S/C20H25BN2O5/c1-20(2,23-19(25)28-14-16-11-7-4-8-12-16)18(24)22-17(21(26)27)13-15-9-5-3-6-10-15/h3-12,17,26-27H,13-14H2,1-2H3,(H,22,24)(H,23,25)/t17-/m0/s1. The normalized spacial score (nSPS) is 12.0. The van der Waals surface area contributed by atoms with Gasteiger partial charge in [-0.15, -0.1) is 0 Å². The van der Waals surface area contributed by atoms with Crippen molar-refractivity contribution in [2.45, 2.75) is 38.4 Å². The summed E-state index contributed by atoms with van der Waals surface area (Å²) in [7, 11) is -1.75. The summed E-state index contributed by atoms with van der Waals surface area (Å²) in [5.41, 5.74) is 0.359. The van der Waals surface area contributed by atoms with Gasteiger partial charge in [-0.3, -0.25) is 4.79 Å². The number of hydrogen-bond acceptors (Lipinski definition) is 5. The van der Waals surface area contributed by atoms with Crippen molar-refractivity contribution in [1.82, 2.24) is 10.6 Å². The predicted octanol–water partition coefficient (Wildman–Crippen LogP) is 1.43. The van der Waals surface area contributed by atoms with E-state index in [1.165, 1.54) is 13.8 Å². The number of benzene rings is 2. The molecule has 148 valence electrons. The molecule has 0 spiro atoms. The highest BCUT2D eigenvalue weighted by Crippen LogP contribution is 2.09. The molecule has 0 aliphatic carbocycles. The van der Waals surface area contributed by atoms with Gasteiger partial charge in [0.2, 0.25) is 5.91 Å². The molecule has 8 heteroatoms. The highest BCUT2D eigenvalue weighted by atomic mass is 16.5. The average Bonchev–Trinajstić information content (AvgIpc) is 2.67. The number of carbonyl (C=O) groups is 2. The molecule has 0 saturated carbocycles. The number of amides is 2. The number of alkyl carbamates (subject to hydrolysis) is 1. The minimum absolute atomic E-state index is 0.0797. The first-order valence-corrected chi connectivity index (χ1v) is 8.98. The van der Waals surface area contributed by atoms with Crippen LogP contribution < -0.4 is 10.6 Å². The lowest BCUT2D eigenvalue weighted by Crippen LogP contribution is -2.59. The topological polar surface area (TPSA) is 108 Å². The van der Waals surface area contributed by atoms with Crippen molar-refractivity contribution >= 4 is 19.1 Å². The van der Waals surface area contributed by atoms with Crippen molar-refractivity contribution in [1.29, 1.82) is 0 Å². The summed E-state index contributed by atoms with van der Waals surface area (Å²) in [6.07, 6.45) is -0.508. The fourth-order valence-corrected chi connectivity index (χ4v) is 2.52.